The third kappa shape index (κ3) is 3.44. The molecule has 0 aromatic rings. The van der Waals surface area contributed by atoms with Crippen LogP contribution in [0, 0.1) is 0 Å². The molecule has 3 heteroatoms. The fourth-order valence-corrected chi connectivity index (χ4v) is 2.61. The number of hydrogen-bond donors (Lipinski definition) is 1. The zero-order chi connectivity index (χ0) is 10.5. The van der Waals surface area contributed by atoms with Crippen molar-refractivity contribution < 1.29 is 4.74 Å². The van der Waals surface area contributed by atoms with Gasteiger partial charge in [0, 0.05) is 32.3 Å². The molecule has 0 aliphatic carbocycles. The topological polar surface area (TPSA) is 24.5 Å². The fourth-order valence-electron chi connectivity index (χ4n) is 2.61. The Morgan fingerprint density at radius 3 is 3.13 bits per heavy atom. The number of nitrogens with one attached hydrogen (secondary N) is 1. The minimum atomic E-state index is 0.572. The van der Waals surface area contributed by atoms with Gasteiger partial charge in [-0.05, 0) is 39.2 Å². The molecule has 15 heavy (non-hydrogen) atoms. The van der Waals surface area contributed by atoms with Crippen LogP contribution in [-0.4, -0.2) is 49.8 Å². The van der Waals surface area contributed by atoms with Gasteiger partial charge in [0.2, 0.25) is 0 Å². The highest BCUT2D eigenvalue weighted by molar-refractivity contribution is 4.76. The molecule has 0 saturated carbocycles. The van der Waals surface area contributed by atoms with E-state index in [1.165, 1.54) is 38.8 Å². The molecule has 0 radical (unpaired) electrons. The van der Waals surface area contributed by atoms with Crippen LogP contribution in [0.15, 0.2) is 0 Å². The summed E-state index contributed by atoms with van der Waals surface area (Å²) in [5, 5.41) is 3.43. The maximum Gasteiger partial charge on any atom is 0.0576 e. The van der Waals surface area contributed by atoms with Crippen LogP contribution in [0.4, 0.5) is 0 Å². The molecule has 0 amide bonds. The molecular weight excluding hydrogens is 188 g/mol. The molecule has 2 aliphatic heterocycles. The molecule has 2 saturated heterocycles. The Hall–Kier alpha value is -0.120. The number of nitrogens with zero attached hydrogens (tertiary/aromatic N) is 1. The van der Waals surface area contributed by atoms with Gasteiger partial charge in [0.15, 0.2) is 0 Å². The summed E-state index contributed by atoms with van der Waals surface area (Å²) in [4.78, 5) is 2.60. The van der Waals surface area contributed by atoms with Gasteiger partial charge in [-0.25, -0.2) is 0 Å². The first-order valence-corrected chi connectivity index (χ1v) is 6.42. The lowest BCUT2D eigenvalue weighted by Crippen LogP contribution is -2.49. The fraction of sp³-hybridized carbons (Fsp3) is 1.00. The second-order valence-electron chi connectivity index (χ2n) is 4.87. The molecular formula is C12H24N2O. The van der Waals surface area contributed by atoms with Crippen LogP contribution in [0.25, 0.3) is 0 Å². The maximum atomic E-state index is 5.64. The predicted octanol–water partition coefficient (Wildman–Crippen LogP) is 1.24. The van der Waals surface area contributed by atoms with Crippen molar-refractivity contribution in [3.63, 3.8) is 0 Å². The lowest BCUT2D eigenvalue weighted by molar-refractivity contribution is 0.0942. The van der Waals surface area contributed by atoms with Crippen LogP contribution in [0.3, 0.4) is 0 Å². The predicted molar refractivity (Wildman–Crippen MR) is 62.1 cm³/mol. The zero-order valence-corrected chi connectivity index (χ0v) is 9.87. The molecule has 88 valence electrons. The average molecular weight is 212 g/mol. The van der Waals surface area contributed by atoms with Crippen molar-refractivity contribution in [2.75, 3.05) is 32.8 Å². The van der Waals surface area contributed by atoms with Crippen molar-refractivity contribution in [2.24, 2.45) is 0 Å². The molecule has 2 aliphatic rings. The van der Waals surface area contributed by atoms with E-state index in [0.717, 1.165) is 19.7 Å². The summed E-state index contributed by atoms with van der Waals surface area (Å²) in [5.74, 6) is 0. The van der Waals surface area contributed by atoms with E-state index in [1.807, 2.05) is 0 Å². The quantitative estimate of drug-likeness (QED) is 0.759. The molecule has 2 heterocycles. The van der Waals surface area contributed by atoms with Crippen LogP contribution in [-0.2, 0) is 4.74 Å². The first-order valence-electron chi connectivity index (χ1n) is 6.42. The first-order chi connectivity index (χ1) is 7.36. The van der Waals surface area contributed by atoms with E-state index in [4.69, 9.17) is 4.74 Å². The molecule has 0 aromatic heterocycles. The maximum absolute atomic E-state index is 5.64. The second-order valence-corrected chi connectivity index (χ2v) is 4.87. The van der Waals surface area contributed by atoms with Gasteiger partial charge >= 0.3 is 0 Å². The highest BCUT2D eigenvalue weighted by Gasteiger charge is 2.19. The number of ether oxygens (including phenoxy) is 1. The third-order valence-electron chi connectivity index (χ3n) is 3.63. The van der Waals surface area contributed by atoms with Crippen molar-refractivity contribution in [3.8, 4) is 0 Å². The highest BCUT2D eigenvalue weighted by Crippen LogP contribution is 2.17. The Morgan fingerprint density at radius 2 is 2.40 bits per heavy atom. The third-order valence-corrected chi connectivity index (χ3v) is 3.63. The minimum absolute atomic E-state index is 0.572. The van der Waals surface area contributed by atoms with Crippen LogP contribution in [0.2, 0.25) is 0 Å². The summed E-state index contributed by atoms with van der Waals surface area (Å²) >= 11 is 0. The van der Waals surface area contributed by atoms with Crippen LogP contribution < -0.4 is 5.32 Å². The molecule has 2 atom stereocenters. The van der Waals surface area contributed by atoms with Crippen molar-refractivity contribution in [1.29, 1.82) is 0 Å². The van der Waals surface area contributed by atoms with E-state index in [2.05, 4.69) is 17.1 Å². The number of rotatable bonds is 4. The standard InChI is InChI=1S/C12H24N2O/c1-11-10-13-6-8-14(11)7-2-4-12-5-3-9-15-12/h11-13H,2-10H2,1H3/t11-,12?/m1/s1. The monoisotopic (exact) mass is 212 g/mol. The Kier molecular flexibility index (Phi) is 4.42. The normalized spacial score (nSPS) is 33.4. The lowest BCUT2D eigenvalue weighted by Gasteiger charge is -2.34. The molecule has 3 nitrogen and oxygen atoms in total. The highest BCUT2D eigenvalue weighted by atomic mass is 16.5. The Morgan fingerprint density at radius 1 is 1.47 bits per heavy atom. The second kappa shape index (κ2) is 5.83. The van der Waals surface area contributed by atoms with Crippen molar-refractivity contribution in [2.45, 2.75) is 44.8 Å². The van der Waals surface area contributed by atoms with E-state index >= 15 is 0 Å². The number of hydrogen-bond acceptors (Lipinski definition) is 3. The van der Waals surface area contributed by atoms with E-state index in [9.17, 15) is 0 Å². The molecule has 0 spiro atoms. The molecule has 2 rings (SSSR count). The van der Waals surface area contributed by atoms with Gasteiger partial charge in [-0.15, -0.1) is 0 Å². The van der Waals surface area contributed by atoms with Crippen molar-refractivity contribution in [1.82, 2.24) is 10.2 Å². The van der Waals surface area contributed by atoms with Crippen LogP contribution in [0.1, 0.15) is 32.6 Å². The summed E-state index contributed by atoms with van der Waals surface area (Å²) in [6.45, 7) is 8.09. The molecule has 1 N–H and O–H groups in total. The smallest absolute Gasteiger partial charge is 0.0576 e. The molecule has 2 fully saturated rings. The average Bonchev–Trinajstić information content (AvgIpc) is 2.74. The van der Waals surface area contributed by atoms with Gasteiger partial charge in [0.25, 0.3) is 0 Å². The number of piperazine rings is 1. The summed E-state index contributed by atoms with van der Waals surface area (Å²) in [6, 6.07) is 0.711. The Bertz CT molecular complexity index is 180. The van der Waals surface area contributed by atoms with Gasteiger partial charge in [-0.1, -0.05) is 0 Å². The van der Waals surface area contributed by atoms with E-state index in [-0.39, 0.29) is 0 Å². The minimum Gasteiger partial charge on any atom is -0.378 e. The van der Waals surface area contributed by atoms with Gasteiger partial charge < -0.3 is 10.1 Å². The van der Waals surface area contributed by atoms with Crippen LogP contribution >= 0.6 is 0 Å². The van der Waals surface area contributed by atoms with E-state index in [1.54, 1.807) is 0 Å². The van der Waals surface area contributed by atoms with Gasteiger partial charge in [0.1, 0.15) is 0 Å². The largest absolute Gasteiger partial charge is 0.378 e. The van der Waals surface area contributed by atoms with Crippen LogP contribution in [0.5, 0.6) is 0 Å². The summed E-state index contributed by atoms with van der Waals surface area (Å²) in [7, 11) is 0. The zero-order valence-electron chi connectivity index (χ0n) is 9.87. The molecule has 0 bridgehead atoms. The summed E-state index contributed by atoms with van der Waals surface area (Å²) in [5.41, 5.74) is 0. The van der Waals surface area contributed by atoms with Crippen molar-refractivity contribution >= 4 is 0 Å². The summed E-state index contributed by atoms with van der Waals surface area (Å²) < 4.78 is 5.64. The molecule has 0 aromatic carbocycles. The van der Waals surface area contributed by atoms with E-state index in [0.29, 0.717) is 12.1 Å². The van der Waals surface area contributed by atoms with Crippen molar-refractivity contribution in [3.05, 3.63) is 0 Å². The van der Waals surface area contributed by atoms with Gasteiger partial charge in [-0.2, -0.15) is 0 Å². The Balaban J connectivity index is 1.59. The van der Waals surface area contributed by atoms with E-state index < -0.39 is 0 Å². The summed E-state index contributed by atoms with van der Waals surface area (Å²) in [6.07, 6.45) is 5.69. The lowest BCUT2D eigenvalue weighted by atomic mass is 10.1. The Labute approximate surface area is 93.2 Å². The van der Waals surface area contributed by atoms with Gasteiger partial charge in [0.05, 0.1) is 6.10 Å². The molecule has 1 unspecified atom stereocenters. The van der Waals surface area contributed by atoms with Gasteiger partial charge in [-0.3, -0.25) is 4.90 Å². The SMILES string of the molecule is C[C@@H]1CNCCN1CCCC1CCCO1. The first kappa shape index (κ1) is 11.4.